The second-order valence-corrected chi connectivity index (χ2v) is 0.777. The Labute approximate surface area is 40.0 Å². The molecular weight excluding hydrogens is 100 g/mol. The van der Waals surface area contributed by atoms with Crippen molar-refractivity contribution in [3.05, 3.63) is 0 Å². The standard InChI is InChI=1S/C2H6N2O3/c3-4-7-2(6)1-5/h4-5H,1,3H2/p+1. The number of aliphatic hydroxyl groups excluding tert-OH is 1. The van der Waals surface area contributed by atoms with Crippen LogP contribution >= 0.6 is 0 Å². The lowest BCUT2D eigenvalue weighted by Crippen LogP contribution is -2.65. The normalized spacial score (nSPS) is 8.29. The molecule has 5 N–H and O–H groups in total. The van der Waals surface area contributed by atoms with E-state index in [1.54, 1.807) is 0 Å². The van der Waals surface area contributed by atoms with Gasteiger partial charge in [-0.05, 0) is 0 Å². The van der Waals surface area contributed by atoms with Crippen LogP contribution < -0.4 is 11.4 Å². The molecule has 0 atom stereocenters. The van der Waals surface area contributed by atoms with E-state index < -0.39 is 12.6 Å². The number of nitrogens with one attached hydrogen (secondary N) is 1. The smallest absolute Gasteiger partial charge is 0.355 e. The average Bonchev–Trinajstić information content (AvgIpc) is 1.68. The van der Waals surface area contributed by atoms with Gasteiger partial charge >= 0.3 is 5.97 Å². The van der Waals surface area contributed by atoms with Crippen LogP contribution in [0.3, 0.4) is 0 Å². The molecule has 0 rings (SSSR count). The molecule has 0 amide bonds. The Bertz CT molecular complexity index is 64.0. The van der Waals surface area contributed by atoms with Crippen LogP contribution in [-0.4, -0.2) is 17.7 Å². The molecule has 0 bridgehead atoms. The van der Waals surface area contributed by atoms with Gasteiger partial charge in [0, 0.05) is 5.59 Å². The zero-order valence-corrected chi connectivity index (χ0v) is 3.68. The lowest BCUT2D eigenvalue weighted by Gasteiger charge is -1.90. The molecule has 0 saturated carbocycles. The first-order valence-electron chi connectivity index (χ1n) is 1.64. The second-order valence-electron chi connectivity index (χ2n) is 0.777. The van der Waals surface area contributed by atoms with Gasteiger partial charge in [0.15, 0.2) is 0 Å². The topological polar surface area (TPSA) is 86.2 Å². The van der Waals surface area contributed by atoms with E-state index in [1.807, 2.05) is 5.59 Å². The lowest BCUT2D eigenvalue weighted by molar-refractivity contribution is -0.512. The molecule has 0 fully saturated rings. The van der Waals surface area contributed by atoms with Crippen molar-refractivity contribution in [1.82, 2.24) is 5.59 Å². The van der Waals surface area contributed by atoms with Crippen LogP contribution in [0.25, 0.3) is 0 Å². The van der Waals surface area contributed by atoms with Crippen LogP contribution in [0.5, 0.6) is 0 Å². The van der Waals surface area contributed by atoms with Crippen molar-refractivity contribution in [2.75, 3.05) is 6.61 Å². The summed E-state index contributed by atoms with van der Waals surface area (Å²) in [5.74, 6) is 2.23. The summed E-state index contributed by atoms with van der Waals surface area (Å²) >= 11 is 0. The first-order chi connectivity index (χ1) is 3.31. The number of carbonyl (C=O) groups is 1. The van der Waals surface area contributed by atoms with E-state index in [-0.39, 0.29) is 0 Å². The van der Waals surface area contributed by atoms with Gasteiger partial charge in [-0.2, -0.15) is 0 Å². The molecule has 0 aromatic carbocycles. The zero-order chi connectivity index (χ0) is 5.70. The van der Waals surface area contributed by atoms with Crippen molar-refractivity contribution in [2.45, 2.75) is 0 Å². The Morgan fingerprint density at radius 1 is 2.00 bits per heavy atom. The van der Waals surface area contributed by atoms with Crippen LogP contribution in [0.4, 0.5) is 0 Å². The highest BCUT2D eigenvalue weighted by atomic mass is 16.7. The van der Waals surface area contributed by atoms with Crippen molar-refractivity contribution < 1.29 is 20.6 Å². The zero-order valence-electron chi connectivity index (χ0n) is 3.68. The minimum atomic E-state index is -0.741. The fourth-order valence-corrected chi connectivity index (χ4v) is 0.113. The maximum absolute atomic E-state index is 9.84. The van der Waals surface area contributed by atoms with Crippen molar-refractivity contribution in [3.8, 4) is 0 Å². The van der Waals surface area contributed by atoms with E-state index in [0.29, 0.717) is 0 Å². The molecule has 5 heteroatoms. The third-order valence-corrected chi connectivity index (χ3v) is 0.315. The number of carbonyl (C=O) groups excluding carboxylic acids is 1. The summed E-state index contributed by atoms with van der Waals surface area (Å²) in [6.45, 7) is -0.622. The number of hydrogen-bond donors (Lipinski definition) is 3. The summed E-state index contributed by atoms with van der Waals surface area (Å²) in [5.41, 5.74) is 1.86. The van der Waals surface area contributed by atoms with Gasteiger partial charge in [-0.3, -0.25) is 0 Å². The molecule has 7 heavy (non-hydrogen) atoms. The number of rotatable bonds is 2. The minimum Gasteiger partial charge on any atom is -0.385 e. The van der Waals surface area contributed by atoms with Crippen LogP contribution in [0, 0.1) is 0 Å². The third-order valence-electron chi connectivity index (χ3n) is 0.315. The van der Waals surface area contributed by atoms with Gasteiger partial charge in [0.25, 0.3) is 0 Å². The molecular formula is C2H7N2O3+. The van der Waals surface area contributed by atoms with Crippen molar-refractivity contribution in [3.63, 3.8) is 0 Å². The highest BCUT2D eigenvalue weighted by Gasteiger charge is 1.95. The molecule has 0 aliphatic rings. The summed E-state index contributed by atoms with van der Waals surface area (Å²) in [6.07, 6.45) is 0. The number of hydrogen-bond acceptors (Lipinski definition) is 4. The lowest BCUT2D eigenvalue weighted by atomic mass is 10.8. The predicted octanol–water partition coefficient (Wildman–Crippen LogP) is -2.82. The molecule has 0 aromatic rings. The van der Waals surface area contributed by atoms with Crippen molar-refractivity contribution in [1.29, 1.82) is 0 Å². The molecule has 0 saturated heterocycles. The molecule has 0 aliphatic heterocycles. The monoisotopic (exact) mass is 107 g/mol. The predicted molar refractivity (Wildman–Crippen MR) is 19.2 cm³/mol. The minimum absolute atomic E-state index is 0.622. The summed E-state index contributed by atoms with van der Waals surface area (Å²) < 4.78 is 0. The Kier molecular flexibility index (Phi) is 3.21. The molecule has 0 radical (unpaired) electrons. The van der Waals surface area contributed by atoms with Gasteiger partial charge < -0.3 is 9.94 Å². The van der Waals surface area contributed by atoms with Crippen LogP contribution in [0.2, 0.25) is 0 Å². The van der Waals surface area contributed by atoms with Gasteiger partial charge in [-0.25, -0.2) is 10.6 Å². The van der Waals surface area contributed by atoms with E-state index >= 15 is 0 Å². The second kappa shape index (κ2) is 3.54. The van der Waals surface area contributed by atoms with Gasteiger partial charge in [0.05, 0.1) is 0 Å². The Balaban J connectivity index is 3.00. The first kappa shape index (κ1) is 6.35. The van der Waals surface area contributed by atoms with E-state index in [0.717, 1.165) is 0 Å². The molecule has 5 nitrogen and oxygen atoms in total. The average molecular weight is 107 g/mol. The van der Waals surface area contributed by atoms with Crippen LogP contribution in [0.1, 0.15) is 0 Å². The van der Waals surface area contributed by atoms with E-state index in [4.69, 9.17) is 5.11 Å². The summed E-state index contributed by atoms with van der Waals surface area (Å²) in [4.78, 5) is 13.8. The van der Waals surface area contributed by atoms with Crippen LogP contribution in [0.15, 0.2) is 0 Å². The van der Waals surface area contributed by atoms with E-state index in [2.05, 4.69) is 10.7 Å². The van der Waals surface area contributed by atoms with E-state index in [1.165, 1.54) is 0 Å². The van der Waals surface area contributed by atoms with Gasteiger partial charge in [-0.1, -0.05) is 0 Å². The SMILES string of the molecule is [NH3+]NOC(=O)CO. The Morgan fingerprint density at radius 3 is 2.71 bits per heavy atom. The fraction of sp³-hybridized carbons (Fsp3) is 0.500. The molecule has 42 valence electrons. The largest absolute Gasteiger partial charge is 0.385 e. The Hall–Kier alpha value is -0.650. The van der Waals surface area contributed by atoms with Gasteiger partial charge in [-0.15, -0.1) is 0 Å². The number of quaternary nitrogens is 1. The molecule has 0 aliphatic carbocycles. The fourth-order valence-electron chi connectivity index (χ4n) is 0.113. The van der Waals surface area contributed by atoms with Gasteiger partial charge in [0.1, 0.15) is 6.61 Å². The maximum atomic E-state index is 9.84. The number of aliphatic hydroxyl groups is 1. The summed E-state index contributed by atoms with van der Waals surface area (Å²) in [5, 5.41) is 7.92. The van der Waals surface area contributed by atoms with Gasteiger partial charge in [0.2, 0.25) is 0 Å². The summed E-state index contributed by atoms with van der Waals surface area (Å²) in [7, 11) is 0. The Morgan fingerprint density at radius 2 is 2.57 bits per heavy atom. The van der Waals surface area contributed by atoms with Crippen molar-refractivity contribution >= 4 is 5.97 Å². The highest BCUT2D eigenvalue weighted by molar-refractivity contribution is 5.69. The quantitative estimate of drug-likeness (QED) is 0.332. The molecule has 0 aromatic heterocycles. The highest BCUT2D eigenvalue weighted by Crippen LogP contribution is 1.62. The maximum Gasteiger partial charge on any atom is 0.355 e. The first-order valence-corrected chi connectivity index (χ1v) is 1.64. The third kappa shape index (κ3) is 3.17. The molecule has 0 spiro atoms. The summed E-state index contributed by atoms with van der Waals surface area (Å²) in [6, 6.07) is 0. The molecule has 0 heterocycles. The van der Waals surface area contributed by atoms with Crippen LogP contribution in [-0.2, 0) is 9.63 Å². The van der Waals surface area contributed by atoms with Crippen molar-refractivity contribution in [2.24, 2.45) is 0 Å². The van der Waals surface area contributed by atoms with E-state index in [9.17, 15) is 4.79 Å². The molecule has 0 unspecified atom stereocenters.